The number of hydrogen-bond acceptors (Lipinski definition) is 5. The van der Waals surface area contributed by atoms with Crippen molar-refractivity contribution in [2.24, 2.45) is 0 Å². The van der Waals surface area contributed by atoms with Crippen LogP contribution in [0, 0.1) is 11.6 Å². The first kappa shape index (κ1) is 25.4. The number of aromatic nitrogens is 4. The molecule has 0 spiro atoms. The number of halogens is 3. The van der Waals surface area contributed by atoms with E-state index >= 15 is 0 Å². The zero-order valence-electron chi connectivity index (χ0n) is 21.4. The van der Waals surface area contributed by atoms with E-state index in [4.69, 9.17) is 26.4 Å². The fourth-order valence-electron chi connectivity index (χ4n) is 5.07. The van der Waals surface area contributed by atoms with Crippen LogP contribution in [0.4, 0.5) is 8.78 Å². The summed E-state index contributed by atoms with van der Waals surface area (Å²) in [5.74, 6) is -0.833. The lowest BCUT2D eigenvalue weighted by Crippen LogP contribution is -2.31. The summed E-state index contributed by atoms with van der Waals surface area (Å²) in [5.41, 5.74) is 4.19. The van der Waals surface area contributed by atoms with Crippen LogP contribution in [0.2, 0.25) is 5.15 Å². The Morgan fingerprint density at radius 2 is 1.69 bits per heavy atom. The summed E-state index contributed by atoms with van der Waals surface area (Å²) in [6.45, 7) is 4.29. The average Bonchev–Trinajstić information content (AvgIpc) is 3.30. The molecule has 3 heterocycles. The SMILES string of the molecule is CCOc1cc(F)c(Cn2nc(-c3nc(Cl)c4c(n3)CN(Cc3ccccc3)CC4)c3ccccc32)c(F)c1. The Balaban J connectivity index is 1.35. The van der Waals surface area contributed by atoms with Crippen LogP contribution in [-0.4, -0.2) is 37.8 Å². The van der Waals surface area contributed by atoms with Gasteiger partial charge in [0.05, 0.1) is 24.4 Å². The molecule has 198 valence electrons. The molecule has 1 aliphatic rings. The maximum Gasteiger partial charge on any atom is 0.182 e. The normalized spacial score (nSPS) is 13.5. The van der Waals surface area contributed by atoms with E-state index in [1.807, 2.05) is 42.5 Å². The van der Waals surface area contributed by atoms with Gasteiger partial charge in [0.25, 0.3) is 0 Å². The molecule has 5 aromatic rings. The number of ether oxygens (including phenoxy) is 1. The summed E-state index contributed by atoms with van der Waals surface area (Å²) >= 11 is 6.66. The summed E-state index contributed by atoms with van der Waals surface area (Å²) in [4.78, 5) is 11.8. The minimum Gasteiger partial charge on any atom is -0.494 e. The molecular formula is C30H26ClF2N5O. The van der Waals surface area contributed by atoms with Gasteiger partial charge in [0.2, 0.25) is 0 Å². The van der Waals surface area contributed by atoms with Crippen molar-refractivity contribution in [3.05, 3.63) is 106 Å². The third kappa shape index (κ3) is 5.10. The second kappa shape index (κ2) is 10.7. The minimum atomic E-state index is -0.689. The first-order valence-corrected chi connectivity index (χ1v) is 13.3. The summed E-state index contributed by atoms with van der Waals surface area (Å²) in [6, 6.07) is 20.2. The Kier molecular flexibility index (Phi) is 6.97. The molecule has 0 unspecified atom stereocenters. The van der Waals surface area contributed by atoms with Crippen molar-refractivity contribution < 1.29 is 13.5 Å². The highest BCUT2D eigenvalue weighted by Gasteiger charge is 2.24. The molecule has 0 radical (unpaired) electrons. The van der Waals surface area contributed by atoms with E-state index in [-0.39, 0.29) is 17.9 Å². The number of hydrogen-bond donors (Lipinski definition) is 0. The van der Waals surface area contributed by atoms with E-state index in [9.17, 15) is 8.78 Å². The van der Waals surface area contributed by atoms with E-state index in [2.05, 4.69) is 22.0 Å². The zero-order chi connectivity index (χ0) is 26.9. The molecule has 0 aliphatic carbocycles. The lowest BCUT2D eigenvalue weighted by Gasteiger charge is -2.28. The first-order chi connectivity index (χ1) is 19.0. The van der Waals surface area contributed by atoms with E-state index < -0.39 is 11.6 Å². The largest absolute Gasteiger partial charge is 0.494 e. The molecule has 1 aliphatic heterocycles. The van der Waals surface area contributed by atoms with E-state index in [1.165, 1.54) is 17.7 Å². The van der Waals surface area contributed by atoms with Gasteiger partial charge in [0.1, 0.15) is 28.2 Å². The molecule has 39 heavy (non-hydrogen) atoms. The molecule has 3 aromatic carbocycles. The van der Waals surface area contributed by atoms with Gasteiger partial charge < -0.3 is 4.74 Å². The smallest absolute Gasteiger partial charge is 0.182 e. The molecular weight excluding hydrogens is 520 g/mol. The van der Waals surface area contributed by atoms with Gasteiger partial charge in [-0.2, -0.15) is 5.10 Å². The monoisotopic (exact) mass is 545 g/mol. The van der Waals surface area contributed by atoms with Gasteiger partial charge in [-0.05, 0) is 25.0 Å². The number of benzene rings is 3. The third-order valence-electron chi connectivity index (χ3n) is 6.95. The van der Waals surface area contributed by atoms with Crippen molar-refractivity contribution >= 4 is 22.5 Å². The number of fused-ring (bicyclic) bond motifs is 2. The third-order valence-corrected chi connectivity index (χ3v) is 7.26. The predicted octanol–water partition coefficient (Wildman–Crippen LogP) is 6.43. The number of rotatable bonds is 7. The lowest BCUT2D eigenvalue weighted by atomic mass is 10.1. The molecule has 0 saturated carbocycles. The molecule has 2 aromatic heterocycles. The number of nitrogens with zero attached hydrogens (tertiary/aromatic N) is 5. The van der Waals surface area contributed by atoms with Crippen LogP contribution >= 0.6 is 11.6 Å². The Hall–Kier alpha value is -3.88. The number of para-hydroxylation sites is 1. The quantitative estimate of drug-likeness (QED) is 0.221. The Labute approximate surface area is 229 Å². The van der Waals surface area contributed by atoms with Gasteiger partial charge >= 0.3 is 0 Å². The predicted molar refractivity (Wildman–Crippen MR) is 147 cm³/mol. The van der Waals surface area contributed by atoms with Gasteiger partial charge in [-0.3, -0.25) is 9.58 Å². The van der Waals surface area contributed by atoms with Crippen LogP contribution < -0.4 is 4.74 Å². The highest BCUT2D eigenvalue weighted by molar-refractivity contribution is 6.30. The molecule has 0 N–H and O–H groups in total. The minimum absolute atomic E-state index is 0.0980. The van der Waals surface area contributed by atoms with Gasteiger partial charge in [-0.1, -0.05) is 60.1 Å². The van der Waals surface area contributed by atoms with Crippen molar-refractivity contribution in [3.8, 4) is 17.3 Å². The van der Waals surface area contributed by atoms with Crippen LogP contribution in [0.25, 0.3) is 22.4 Å². The summed E-state index contributed by atoms with van der Waals surface area (Å²) in [7, 11) is 0. The maximum absolute atomic E-state index is 14.9. The highest BCUT2D eigenvalue weighted by atomic mass is 35.5. The average molecular weight is 546 g/mol. The molecule has 0 amide bonds. The van der Waals surface area contributed by atoms with Crippen molar-refractivity contribution in [3.63, 3.8) is 0 Å². The van der Waals surface area contributed by atoms with E-state index in [0.29, 0.717) is 35.3 Å². The molecule has 0 fully saturated rings. The summed E-state index contributed by atoms with van der Waals surface area (Å²) in [5, 5.41) is 5.92. The van der Waals surface area contributed by atoms with Crippen LogP contribution in [-0.2, 0) is 26.1 Å². The Morgan fingerprint density at radius 1 is 0.949 bits per heavy atom. The van der Waals surface area contributed by atoms with Crippen molar-refractivity contribution in [1.82, 2.24) is 24.6 Å². The first-order valence-electron chi connectivity index (χ1n) is 12.9. The molecule has 6 rings (SSSR count). The molecule has 0 bridgehead atoms. The summed E-state index contributed by atoms with van der Waals surface area (Å²) in [6.07, 6.45) is 0.757. The Bertz CT molecular complexity index is 1630. The van der Waals surface area contributed by atoms with Gasteiger partial charge in [-0.25, -0.2) is 18.7 Å². The van der Waals surface area contributed by atoms with Crippen molar-refractivity contribution in [1.29, 1.82) is 0 Å². The molecule has 9 heteroatoms. The van der Waals surface area contributed by atoms with Crippen LogP contribution in [0.3, 0.4) is 0 Å². The topological polar surface area (TPSA) is 56.1 Å². The van der Waals surface area contributed by atoms with Crippen molar-refractivity contribution in [2.45, 2.75) is 33.0 Å². The van der Waals surface area contributed by atoms with Crippen LogP contribution in [0.1, 0.15) is 29.3 Å². The molecule has 0 saturated heterocycles. The highest BCUT2D eigenvalue weighted by Crippen LogP contribution is 2.32. The molecule has 6 nitrogen and oxygen atoms in total. The van der Waals surface area contributed by atoms with Gasteiger partial charge in [0, 0.05) is 48.3 Å². The van der Waals surface area contributed by atoms with Gasteiger partial charge in [-0.15, -0.1) is 0 Å². The standard InChI is InChI=1S/C30H26ClF2N5O/c1-2-39-20-14-24(32)23(25(33)15-20)17-38-27-11-7-6-10-22(27)28(36-38)30-34-26-18-37(13-12-21(26)29(31)35-30)16-19-8-4-3-5-9-19/h3-11,14-15H,2,12-13,16-18H2,1H3. The van der Waals surface area contributed by atoms with E-state index in [1.54, 1.807) is 11.6 Å². The second-order valence-corrected chi connectivity index (χ2v) is 9.89. The Morgan fingerprint density at radius 3 is 2.46 bits per heavy atom. The van der Waals surface area contributed by atoms with Crippen molar-refractivity contribution in [2.75, 3.05) is 13.2 Å². The fourth-order valence-corrected chi connectivity index (χ4v) is 5.35. The maximum atomic E-state index is 14.9. The van der Waals surface area contributed by atoms with Crippen LogP contribution in [0.15, 0.2) is 66.7 Å². The van der Waals surface area contributed by atoms with E-state index in [0.717, 1.165) is 36.2 Å². The van der Waals surface area contributed by atoms with Gasteiger partial charge in [0.15, 0.2) is 5.82 Å². The lowest BCUT2D eigenvalue weighted by molar-refractivity contribution is 0.241. The summed E-state index contributed by atoms with van der Waals surface area (Å²) < 4.78 is 36.6. The zero-order valence-corrected chi connectivity index (χ0v) is 22.1. The second-order valence-electron chi connectivity index (χ2n) is 9.53. The fraction of sp³-hybridized carbons (Fsp3) is 0.233. The van der Waals surface area contributed by atoms with Crippen LogP contribution in [0.5, 0.6) is 5.75 Å². The molecule has 0 atom stereocenters.